The number of fused-ring (bicyclic) bond motifs is 1. The van der Waals surface area contributed by atoms with Crippen molar-refractivity contribution in [3.63, 3.8) is 0 Å². The molecule has 1 aliphatic heterocycles. The van der Waals surface area contributed by atoms with E-state index in [1.54, 1.807) is 0 Å². The highest BCUT2D eigenvalue weighted by Crippen LogP contribution is 2.38. The van der Waals surface area contributed by atoms with Gasteiger partial charge in [0, 0.05) is 24.1 Å². The lowest BCUT2D eigenvalue weighted by Gasteiger charge is -2.41. The van der Waals surface area contributed by atoms with E-state index in [0.717, 1.165) is 12.0 Å². The van der Waals surface area contributed by atoms with Crippen molar-refractivity contribution in [2.45, 2.75) is 38.1 Å². The fraction of sp³-hybridized carbons (Fsp3) is 0.444. The van der Waals surface area contributed by atoms with E-state index < -0.39 is 0 Å². The average Bonchev–Trinajstić information content (AvgIpc) is 3.12. The fourth-order valence-electron chi connectivity index (χ4n) is 3.79. The lowest BCUT2D eigenvalue weighted by atomic mass is 9.76. The minimum Gasteiger partial charge on any atom is -0.339 e. The summed E-state index contributed by atoms with van der Waals surface area (Å²) in [5.41, 5.74) is 0.908. The zero-order valence-corrected chi connectivity index (χ0v) is 14.0. The number of amides is 3. The van der Waals surface area contributed by atoms with Crippen LogP contribution in [0, 0.1) is 5.92 Å². The number of hydrogen-bond acceptors (Lipinski definition) is 5. The molecule has 2 heterocycles. The molecule has 3 unspecified atom stereocenters. The normalized spacial score (nSPS) is 26.3. The molecule has 1 N–H and O–H groups in total. The summed E-state index contributed by atoms with van der Waals surface area (Å²) in [6.07, 6.45) is 2.17. The van der Waals surface area contributed by atoms with Crippen LogP contribution in [0.1, 0.15) is 38.0 Å². The van der Waals surface area contributed by atoms with Crippen LogP contribution in [-0.4, -0.2) is 39.6 Å². The minimum absolute atomic E-state index is 0.0625. The number of urea groups is 1. The van der Waals surface area contributed by atoms with Gasteiger partial charge in [0.15, 0.2) is 0 Å². The maximum atomic E-state index is 12.4. The molecule has 3 amide bonds. The Bertz CT molecular complexity index is 789. The number of imide groups is 1. The van der Waals surface area contributed by atoms with Crippen LogP contribution in [0.3, 0.4) is 0 Å². The smallest absolute Gasteiger partial charge is 0.324 e. The molecule has 4 rings (SSSR count). The zero-order chi connectivity index (χ0) is 17.4. The predicted molar refractivity (Wildman–Crippen MR) is 89.5 cm³/mol. The Hall–Kier alpha value is -2.70. The van der Waals surface area contributed by atoms with Crippen LogP contribution in [0.25, 0.3) is 11.4 Å². The van der Waals surface area contributed by atoms with Gasteiger partial charge in [-0.3, -0.25) is 9.69 Å². The number of rotatable bonds is 3. The molecule has 1 aromatic carbocycles. The Morgan fingerprint density at radius 1 is 1.24 bits per heavy atom. The Kier molecular flexibility index (Phi) is 3.99. The molecule has 7 nitrogen and oxygen atoms in total. The molecular weight excluding hydrogens is 320 g/mol. The second-order valence-corrected chi connectivity index (χ2v) is 6.58. The van der Waals surface area contributed by atoms with Gasteiger partial charge in [0.05, 0.1) is 5.92 Å². The summed E-state index contributed by atoms with van der Waals surface area (Å²) in [5.74, 6) is 0.999. The largest absolute Gasteiger partial charge is 0.339 e. The number of nitrogens with one attached hydrogen (secondary N) is 1. The van der Waals surface area contributed by atoms with Gasteiger partial charge in [0.25, 0.3) is 0 Å². The Morgan fingerprint density at radius 3 is 2.80 bits per heavy atom. The van der Waals surface area contributed by atoms with Crippen LogP contribution < -0.4 is 5.32 Å². The third kappa shape index (κ3) is 2.79. The number of hydrogen-bond donors (Lipinski definition) is 1. The molecule has 2 fully saturated rings. The number of benzene rings is 1. The third-order valence-electron chi connectivity index (χ3n) is 5.13. The highest BCUT2D eigenvalue weighted by atomic mass is 16.5. The van der Waals surface area contributed by atoms with Gasteiger partial charge in [-0.1, -0.05) is 35.5 Å². The number of aromatic nitrogens is 2. The second-order valence-electron chi connectivity index (χ2n) is 6.58. The van der Waals surface area contributed by atoms with Crippen LogP contribution in [0.5, 0.6) is 0 Å². The molecule has 25 heavy (non-hydrogen) atoms. The highest BCUT2D eigenvalue weighted by molar-refractivity contribution is 5.98. The fourth-order valence-corrected chi connectivity index (χ4v) is 3.79. The first-order valence-corrected chi connectivity index (χ1v) is 8.68. The maximum absolute atomic E-state index is 12.4. The van der Waals surface area contributed by atoms with Crippen molar-refractivity contribution in [1.82, 2.24) is 20.4 Å². The quantitative estimate of drug-likeness (QED) is 0.927. The Morgan fingerprint density at radius 2 is 2.04 bits per heavy atom. The van der Waals surface area contributed by atoms with E-state index in [9.17, 15) is 9.59 Å². The predicted octanol–water partition coefficient (Wildman–Crippen LogP) is 2.56. The van der Waals surface area contributed by atoms with Crippen LogP contribution in [0.4, 0.5) is 4.79 Å². The molecule has 3 atom stereocenters. The minimum atomic E-state index is -0.301. The van der Waals surface area contributed by atoms with Crippen molar-refractivity contribution in [3.05, 3.63) is 36.2 Å². The van der Waals surface area contributed by atoms with Gasteiger partial charge >= 0.3 is 6.03 Å². The second kappa shape index (κ2) is 6.31. The average molecular weight is 340 g/mol. The van der Waals surface area contributed by atoms with Gasteiger partial charge in [-0.2, -0.15) is 4.98 Å². The molecule has 1 aliphatic carbocycles. The standard InChI is InChI=1S/C18H20N4O3/c1-2-22-17(23)13-9-8-12(10-14(13)19-18(22)24)16-20-15(21-25-16)11-6-4-3-5-7-11/h3-7,12-14H,2,8-10H2,1H3,(H,19,24). The molecule has 2 aliphatic rings. The molecule has 1 saturated heterocycles. The highest BCUT2D eigenvalue weighted by Gasteiger charge is 2.44. The van der Waals surface area contributed by atoms with Crippen LogP contribution >= 0.6 is 0 Å². The molecule has 2 aromatic rings. The molecule has 1 saturated carbocycles. The summed E-state index contributed by atoms with van der Waals surface area (Å²) in [7, 11) is 0. The van der Waals surface area contributed by atoms with Crippen molar-refractivity contribution in [2.24, 2.45) is 5.92 Å². The van der Waals surface area contributed by atoms with Crippen LogP contribution in [0.15, 0.2) is 34.9 Å². The van der Waals surface area contributed by atoms with E-state index in [1.165, 1.54) is 4.90 Å². The van der Waals surface area contributed by atoms with E-state index in [2.05, 4.69) is 15.5 Å². The van der Waals surface area contributed by atoms with Gasteiger partial charge in [-0.25, -0.2) is 4.79 Å². The van der Waals surface area contributed by atoms with Gasteiger partial charge in [-0.15, -0.1) is 0 Å². The topological polar surface area (TPSA) is 88.3 Å². The van der Waals surface area contributed by atoms with E-state index in [-0.39, 0.29) is 29.8 Å². The monoisotopic (exact) mass is 340 g/mol. The lowest BCUT2D eigenvalue weighted by molar-refractivity contribution is -0.136. The summed E-state index contributed by atoms with van der Waals surface area (Å²) in [4.78, 5) is 30.3. The summed E-state index contributed by atoms with van der Waals surface area (Å²) in [6, 6.07) is 9.21. The molecule has 0 radical (unpaired) electrons. The third-order valence-corrected chi connectivity index (χ3v) is 5.13. The summed E-state index contributed by atoms with van der Waals surface area (Å²) in [5, 5.41) is 7.04. The van der Waals surface area contributed by atoms with Crippen LogP contribution in [-0.2, 0) is 4.79 Å². The molecule has 130 valence electrons. The van der Waals surface area contributed by atoms with E-state index >= 15 is 0 Å². The van der Waals surface area contributed by atoms with Crippen molar-refractivity contribution in [1.29, 1.82) is 0 Å². The molecule has 1 aromatic heterocycles. The first kappa shape index (κ1) is 15.8. The lowest BCUT2D eigenvalue weighted by Crippen LogP contribution is -2.61. The number of carbonyl (C=O) groups excluding carboxylic acids is 2. The van der Waals surface area contributed by atoms with Crippen LogP contribution in [0.2, 0.25) is 0 Å². The maximum Gasteiger partial charge on any atom is 0.324 e. The zero-order valence-electron chi connectivity index (χ0n) is 14.0. The number of carbonyl (C=O) groups is 2. The molecular formula is C18H20N4O3. The van der Waals surface area contributed by atoms with Gasteiger partial charge in [0.1, 0.15) is 0 Å². The summed E-state index contributed by atoms with van der Waals surface area (Å²) in [6.45, 7) is 2.22. The van der Waals surface area contributed by atoms with E-state index in [0.29, 0.717) is 31.1 Å². The van der Waals surface area contributed by atoms with Gasteiger partial charge in [0.2, 0.25) is 17.6 Å². The Balaban J connectivity index is 1.51. The van der Waals surface area contributed by atoms with Crippen molar-refractivity contribution in [3.8, 4) is 11.4 Å². The van der Waals surface area contributed by atoms with E-state index in [4.69, 9.17) is 4.52 Å². The van der Waals surface area contributed by atoms with Crippen molar-refractivity contribution >= 4 is 11.9 Å². The summed E-state index contributed by atoms with van der Waals surface area (Å²) < 4.78 is 5.47. The first-order chi connectivity index (χ1) is 12.2. The first-order valence-electron chi connectivity index (χ1n) is 8.68. The SMILES string of the molecule is CCN1C(=O)NC2CC(c3nc(-c4ccccc4)no3)CCC2C1=O. The van der Waals surface area contributed by atoms with Gasteiger partial charge in [-0.05, 0) is 26.2 Å². The number of nitrogens with zero attached hydrogens (tertiary/aromatic N) is 3. The molecule has 7 heteroatoms. The molecule has 0 spiro atoms. The molecule has 0 bridgehead atoms. The van der Waals surface area contributed by atoms with E-state index in [1.807, 2.05) is 37.3 Å². The Labute approximate surface area is 145 Å². The summed E-state index contributed by atoms with van der Waals surface area (Å²) >= 11 is 0. The van der Waals surface area contributed by atoms with Gasteiger partial charge < -0.3 is 9.84 Å². The van der Waals surface area contributed by atoms with Crippen molar-refractivity contribution < 1.29 is 14.1 Å². The van der Waals surface area contributed by atoms with Crippen molar-refractivity contribution in [2.75, 3.05) is 6.54 Å².